The van der Waals surface area contributed by atoms with Gasteiger partial charge >= 0.3 is 0 Å². The van der Waals surface area contributed by atoms with Gasteiger partial charge < -0.3 is 14.8 Å². The van der Waals surface area contributed by atoms with Crippen molar-refractivity contribution < 1.29 is 14.3 Å². The molecule has 5 heteroatoms. The number of hydrogen-bond acceptors (Lipinski definition) is 4. The predicted octanol–water partition coefficient (Wildman–Crippen LogP) is 3.35. The molecule has 0 aliphatic carbocycles. The van der Waals surface area contributed by atoms with E-state index in [0.29, 0.717) is 18.9 Å². The first-order valence-corrected chi connectivity index (χ1v) is 8.95. The summed E-state index contributed by atoms with van der Waals surface area (Å²) < 4.78 is 11.5. The summed E-state index contributed by atoms with van der Waals surface area (Å²) in [5, 5.41) is 2.92. The molecule has 126 valence electrons. The number of ether oxygens (including phenoxy) is 2. The van der Waals surface area contributed by atoms with Gasteiger partial charge in [-0.25, -0.2) is 0 Å². The largest absolute Gasteiger partial charge is 0.486 e. The number of hydrogen-bond donors (Lipinski definition) is 1. The lowest BCUT2D eigenvalue weighted by molar-refractivity contribution is -0.119. The molecule has 1 amide bonds. The second-order valence-corrected chi connectivity index (χ2v) is 6.88. The van der Waals surface area contributed by atoms with Gasteiger partial charge in [0.15, 0.2) is 11.5 Å². The molecule has 0 bridgehead atoms. The van der Waals surface area contributed by atoms with Crippen molar-refractivity contribution in [1.29, 1.82) is 0 Å². The van der Waals surface area contributed by atoms with E-state index in [9.17, 15) is 4.79 Å². The van der Waals surface area contributed by atoms with Crippen molar-refractivity contribution >= 4 is 17.7 Å². The lowest BCUT2D eigenvalue weighted by Crippen LogP contribution is -2.41. The van der Waals surface area contributed by atoms with Crippen molar-refractivity contribution in [3.63, 3.8) is 0 Å². The third kappa shape index (κ3) is 4.23. The number of aryl methyl sites for hydroxylation is 2. The summed E-state index contributed by atoms with van der Waals surface area (Å²) in [6.45, 7) is 5.01. The maximum Gasteiger partial charge on any atom is 0.230 e. The van der Waals surface area contributed by atoms with Crippen LogP contribution in [0.1, 0.15) is 11.1 Å². The summed E-state index contributed by atoms with van der Waals surface area (Å²) in [4.78, 5) is 13.2. The van der Waals surface area contributed by atoms with Gasteiger partial charge in [0.1, 0.15) is 12.7 Å². The highest BCUT2D eigenvalue weighted by Gasteiger charge is 2.21. The molecule has 1 aliphatic rings. The van der Waals surface area contributed by atoms with Gasteiger partial charge in [-0.05, 0) is 37.6 Å². The zero-order valence-corrected chi connectivity index (χ0v) is 14.7. The standard InChI is InChI=1S/C19H21NO3S/c1-13-7-8-14(2)18(9-13)24-12-19(21)20-10-15-11-22-16-5-3-4-6-17(16)23-15/h3-9,15H,10-12H2,1-2H3,(H,20,21)/t15-/m0/s1. The number of para-hydroxylation sites is 2. The third-order valence-corrected chi connectivity index (χ3v) is 4.95. The van der Waals surface area contributed by atoms with Crippen molar-refractivity contribution in [2.24, 2.45) is 0 Å². The van der Waals surface area contributed by atoms with Crippen LogP contribution in [0.15, 0.2) is 47.4 Å². The van der Waals surface area contributed by atoms with Crippen LogP contribution in [0.5, 0.6) is 11.5 Å². The van der Waals surface area contributed by atoms with Gasteiger partial charge in [-0.15, -0.1) is 11.8 Å². The van der Waals surface area contributed by atoms with Gasteiger partial charge in [0.25, 0.3) is 0 Å². The van der Waals surface area contributed by atoms with E-state index in [-0.39, 0.29) is 12.0 Å². The third-order valence-electron chi connectivity index (χ3n) is 3.80. The Labute approximate surface area is 146 Å². The van der Waals surface area contributed by atoms with Crippen LogP contribution >= 0.6 is 11.8 Å². The van der Waals surface area contributed by atoms with Crippen molar-refractivity contribution in [3.05, 3.63) is 53.6 Å². The summed E-state index contributed by atoms with van der Waals surface area (Å²) in [6, 6.07) is 13.9. The van der Waals surface area contributed by atoms with Crippen LogP contribution in [0.2, 0.25) is 0 Å². The normalized spacial score (nSPS) is 15.8. The van der Waals surface area contributed by atoms with E-state index in [2.05, 4.69) is 37.4 Å². The molecule has 1 N–H and O–H groups in total. The Morgan fingerprint density at radius 3 is 2.83 bits per heavy atom. The average molecular weight is 343 g/mol. The minimum atomic E-state index is -0.158. The van der Waals surface area contributed by atoms with Crippen LogP contribution in [0, 0.1) is 13.8 Å². The quantitative estimate of drug-likeness (QED) is 0.846. The maximum absolute atomic E-state index is 12.1. The van der Waals surface area contributed by atoms with Gasteiger partial charge in [-0.2, -0.15) is 0 Å². The van der Waals surface area contributed by atoms with Crippen molar-refractivity contribution in [2.45, 2.75) is 24.8 Å². The first-order chi connectivity index (χ1) is 11.6. The van der Waals surface area contributed by atoms with E-state index in [1.165, 1.54) is 11.1 Å². The fourth-order valence-electron chi connectivity index (χ4n) is 2.45. The highest BCUT2D eigenvalue weighted by molar-refractivity contribution is 8.00. The Balaban J connectivity index is 1.46. The number of fused-ring (bicyclic) bond motifs is 1. The molecular weight excluding hydrogens is 322 g/mol. The number of amides is 1. The summed E-state index contributed by atoms with van der Waals surface area (Å²) in [5.74, 6) is 1.88. The summed E-state index contributed by atoms with van der Waals surface area (Å²) in [7, 11) is 0. The van der Waals surface area contributed by atoms with Crippen molar-refractivity contribution in [1.82, 2.24) is 5.32 Å². The van der Waals surface area contributed by atoms with Gasteiger partial charge in [0.05, 0.1) is 12.3 Å². The smallest absolute Gasteiger partial charge is 0.230 e. The van der Waals surface area contributed by atoms with Crippen molar-refractivity contribution in [3.8, 4) is 11.5 Å². The molecule has 1 aliphatic heterocycles. The van der Waals surface area contributed by atoms with Crippen LogP contribution in [0.4, 0.5) is 0 Å². The second-order valence-electron chi connectivity index (χ2n) is 5.86. The van der Waals surface area contributed by atoms with Crippen LogP contribution in [-0.2, 0) is 4.79 Å². The first kappa shape index (κ1) is 16.7. The highest BCUT2D eigenvalue weighted by Crippen LogP contribution is 2.30. The Kier molecular flexibility index (Phi) is 5.30. The molecule has 1 heterocycles. The molecule has 1 atom stereocenters. The van der Waals surface area contributed by atoms with Gasteiger partial charge in [0.2, 0.25) is 5.91 Å². The minimum Gasteiger partial charge on any atom is -0.486 e. The van der Waals surface area contributed by atoms with E-state index in [0.717, 1.165) is 16.4 Å². The summed E-state index contributed by atoms with van der Waals surface area (Å²) in [6.07, 6.45) is -0.158. The molecule has 24 heavy (non-hydrogen) atoms. The molecule has 0 saturated carbocycles. The van der Waals surface area contributed by atoms with E-state index in [1.54, 1.807) is 11.8 Å². The number of nitrogens with one attached hydrogen (secondary N) is 1. The molecule has 0 spiro atoms. The van der Waals surface area contributed by atoms with E-state index in [4.69, 9.17) is 9.47 Å². The molecule has 0 fully saturated rings. The number of benzene rings is 2. The van der Waals surface area contributed by atoms with E-state index >= 15 is 0 Å². The van der Waals surface area contributed by atoms with E-state index < -0.39 is 0 Å². The molecule has 0 saturated heterocycles. The Bertz CT molecular complexity index is 732. The second kappa shape index (κ2) is 7.62. The number of carbonyl (C=O) groups is 1. The summed E-state index contributed by atoms with van der Waals surface area (Å²) in [5.41, 5.74) is 2.40. The lowest BCUT2D eigenvalue weighted by Gasteiger charge is -2.26. The Hall–Kier alpha value is -2.14. The molecule has 3 rings (SSSR count). The summed E-state index contributed by atoms with van der Waals surface area (Å²) >= 11 is 1.56. The van der Waals surface area contributed by atoms with Crippen LogP contribution in [0.3, 0.4) is 0 Å². The predicted molar refractivity (Wildman–Crippen MR) is 96.0 cm³/mol. The molecule has 0 unspecified atom stereocenters. The number of thioether (sulfide) groups is 1. The maximum atomic E-state index is 12.1. The molecule has 0 aromatic heterocycles. The zero-order valence-electron chi connectivity index (χ0n) is 13.9. The van der Waals surface area contributed by atoms with Crippen molar-refractivity contribution in [2.75, 3.05) is 18.9 Å². The topological polar surface area (TPSA) is 47.6 Å². The highest BCUT2D eigenvalue weighted by atomic mass is 32.2. The van der Waals surface area contributed by atoms with Crippen LogP contribution in [0.25, 0.3) is 0 Å². The number of rotatable bonds is 5. The molecule has 2 aromatic rings. The fraction of sp³-hybridized carbons (Fsp3) is 0.316. The monoisotopic (exact) mass is 343 g/mol. The number of carbonyl (C=O) groups excluding carboxylic acids is 1. The SMILES string of the molecule is Cc1ccc(C)c(SCC(=O)NC[C@H]2COc3ccccc3O2)c1. The zero-order chi connectivity index (χ0) is 16.9. The Morgan fingerprint density at radius 1 is 1.21 bits per heavy atom. The fourth-order valence-corrected chi connectivity index (χ4v) is 3.40. The van der Waals surface area contributed by atoms with Crippen LogP contribution < -0.4 is 14.8 Å². The minimum absolute atomic E-state index is 0.00312. The lowest BCUT2D eigenvalue weighted by atomic mass is 10.2. The molecular formula is C19H21NO3S. The van der Waals surface area contributed by atoms with E-state index in [1.807, 2.05) is 24.3 Å². The van der Waals surface area contributed by atoms with Gasteiger partial charge in [-0.3, -0.25) is 4.79 Å². The van der Waals surface area contributed by atoms with Gasteiger partial charge in [0, 0.05) is 4.90 Å². The molecule has 4 nitrogen and oxygen atoms in total. The van der Waals surface area contributed by atoms with Crippen LogP contribution in [-0.4, -0.2) is 30.9 Å². The average Bonchev–Trinajstić information content (AvgIpc) is 2.60. The Morgan fingerprint density at radius 2 is 2.00 bits per heavy atom. The molecule has 0 radical (unpaired) electrons. The first-order valence-electron chi connectivity index (χ1n) is 7.97. The molecule has 2 aromatic carbocycles. The van der Waals surface area contributed by atoms with Gasteiger partial charge in [-0.1, -0.05) is 29.8 Å².